The van der Waals surface area contributed by atoms with E-state index in [4.69, 9.17) is 4.74 Å². The Bertz CT molecular complexity index is 1580. The minimum Gasteiger partial charge on any atom is -0.426 e. The Morgan fingerprint density at radius 2 is 1.94 bits per heavy atom. The number of rotatable bonds is 5. The third-order valence-corrected chi connectivity index (χ3v) is 7.00. The van der Waals surface area contributed by atoms with Crippen LogP contribution in [-0.2, 0) is 9.59 Å². The highest BCUT2D eigenvalue weighted by molar-refractivity contribution is 9.10. The molecule has 3 heterocycles. The lowest BCUT2D eigenvalue weighted by molar-refractivity contribution is -0.131. The normalized spacial score (nSPS) is 14.7. The minimum absolute atomic E-state index is 0.191. The number of para-hydroxylation sites is 1. The van der Waals surface area contributed by atoms with Crippen molar-refractivity contribution in [2.24, 2.45) is 0 Å². The summed E-state index contributed by atoms with van der Waals surface area (Å²) in [5.41, 5.74) is 1.98. The van der Waals surface area contributed by atoms with Gasteiger partial charge in [-0.1, -0.05) is 52.7 Å². The van der Waals surface area contributed by atoms with Gasteiger partial charge in [0.2, 0.25) is 4.96 Å². The predicted molar refractivity (Wildman–Crippen MR) is 133 cm³/mol. The van der Waals surface area contributed by atoms with Gasteiger partial charge in [0.1, 0.15) is 10.3 Å². The van der Waals surface area contributed by atoms with E-state index in [1.54, 1.807) is 29.2 Å². The molecule has 0 radical (unpaired) electrons. The molecule has 5 rings (SSSR count). The van der Waals surface area contributed by atoms with Gasteiger partial charge < -0.3 is 9.64 Å². The van der Waals surface area contributed by atoms with E-state index in [1.807, 2.05) is 18.2 Å². The predicted octanol–water partition coefficient (Wildman–Crippen LogP) is 3.57. The Kier molecular flexibility index (Phi) is 5.78. The molecular weight excluding hydrogens is 520 g/mol. The Balaban J connectivity index is 1.68. The molecule has 1 aliphatic heterocycles. The molecule has 34 heavy (non-hydrogen) atoms. The average molecular weight is 539 g/mol. The zero-order valence-corrected chi connectivity index (χ0v) is 20.8. The standard InChI is InChI=1S/C24H19BrN4O4S/c1-3-4-11-28-17-10-9-14(25)12-16(17)19(22(28)31)20-23(32)29-24(34-20)26-21(27-29)15-7-5-6-8-18(15)33-13(2)30/h5-10,12H,3-4,11H2,1-2H3/b20-19-. The lowest BCUT2D eigenvalue weighted by atomic mass is 10.1. The van der Waals surface area contributed by atoms with E-state index in [0.29, 0.717) is 32.9 Å². The highest BCUT2D eigenvalue weighted by Crippen LogP contribution is 2.37. The van der Waals surface area contributed by atoms with Crippen molar-refractivity contribution >= 4 is 55.4 Å². The number of aromatic nitrogens is 3. The summed E-state index contributed by atoms with van der Waals surface area (Å²) in [6.45, 7) is 3.97. The molecular formula is C24H19BrN4O4S. The van der Waals surface area contributed by atoms with Crippen molar-refractivity contribution in [3.63, 3.8) is 0 Å². The third kappa shape index (κ3) is 3.72. The van der Waals surface area contributed by atoms with Crippen molar-refractivity contribution in [1.29, 1.82) is 0 Å². The summed E-state index contributed by atoms with van der Waals surface area (Å²) >= 11 is 4.60. The number of benzene rings is 2. The van der Waals surface area contributed by atoms with Crippen LogP contribution >= 0.6 is 27.3 Å². The number of fused-ring (bicyclic) bond motifs is 2. The topological polar surface area (TPSA) is 93.9 Å². The average Bonchev–Trinajstić information content (AvgIpc) is 3.42. The van der Waals surface area contributed by atoms with Crippen molar-refractivity contribution in [1.82, 2.24) is 14.6 Å². The molecule has 0 N–H and O–H groups in total. The van der Waals surface area contributed by atoms with E-state index in [1.165, 1.54) is 11.4 Å². The van der Waals surface area contributed by atoms with Crippen molar-refractivity contribution in [2.75, 3.05) is 11.4 Å². The largest absolute Gasteiger partial charge is 0.426 e. The molecule has 0 bridgehead atoms. The molecule has 172 valence electrons. The van der Waals surface area contributed by atoms with Crippen LogP contribution in [0.3, 0.4) is 0 Å². The number of esters is 1. The molecule has 0 atom stereocenters. The number of unbranched alkanes of at least 4 members (excludes halogenated alkanes) is 1. The van der Waals surface area contributed by atoms with Crippen LogP contribution in [0.2, 0.25) is 0 Å². The van der Waals surface area contributed by atoms with Crippen LogP contribution in [0, 0.1) is 0 Å². The maximum atomic E-state index is 13.4. The number of anilines is 1. The number of thiazole rings is 1. The molecule has 10 heteroatoms. The summed E-state index contributed by atoms with van der Waals surface area (Å²) in [7, 11) is 0. The van der Waals surface area contributed by atoms with Gasteiger partial charge in [0.05, 0.1) is 16.8 Å². The molecule has 8 nitrogen and oxygen atoms in total. The first-order chi connectivity index (χ1) is 16.4. The summed E-state index contributed by atoms with van der Waals surface area (Å²) in [6.07, 6.45) is 1.81. The fourth-order valence-electron chi connectivity index (χ4n) is 3.96. The van der Waals surface area contributed by atoms with Crippen LogP contribution in [0.25, 0.3) is 21.9 Å². The molecule has 2 aromatic heterocycles. The maximum absolute atomic E-state index is 13.4. The van der Waals surface area contributed by atoms with Crippen molar-refractivity contribution in [3.05, 3.63) is 67.4 Å². The quantitative estimate of drug-likeness (QED) is 0.285. The molecule has 0 aliphatic carbocycles. The van der Waals surface area contributed by atoms with Crippen molar-refractivity contribution < 1.29 is 14.3 Å². The van der Waals surface area contributed by atoms with Gasteiger partial charge in [-0.05, 0) is 36.8 Å². The SMILES string of the molecule is CCCCN1C(=O)/C(=c2\sc3nc(-c4ccccc4OC(C)=O)nn3c2=O)c2cc(Br)ccc21. The van der Waals surface area contributed by atoms with Gasteiger partial charge in [-0.2, -0.15) is 9.50 Å². The molecule has 0 unspecified atom stereocenters. The molecule has 0 saturated heterocycles. The second-order valence-electron chi connectivity index (χ2n) is 7.80. The van der Waals surface area contributed by atoms with Crippen LogP contribution in [0.15, 0.2) is 51.7 Å². The van der Waals surface area contributed by atoms with Crippen LogP contribution in [-0.4, -0.2) is 33.0 Å². The number of nitrogens with zero attached hydrogens (tertiary/aromatic N) is 4. The first-order valence-corrected chi connectivity index (χ1v) is 12.3. The van der Waals surface area contributed by atoms with Gasteiger partial charge in [0.15, 0.2) is 5.82 Å². The van der Waals surface area contributed by atoms with Crippen LogP contribution in [0.4, 0.5) is 5.69 Å². The van der Waals surface area contributed by atoms with Gasteiger partial charge in [-0.3, -0.25) is 14.4 Å². The fraction of sp³-hybridized carbons (Fsp3) is 0.208. The second kappa shape index (κ2) is 8.77. The van der Waals surface area contributed by atoms with Gasteiger partial charge in [0.25, 0.3) is 11.5 Å². The maximum Gasteiger partial charge on any atom is 0.308 e. The molecule has 0 spiro atoms. The zero-order valence-electron chi connectivity index (χ0n) is 18.4. The lowest BCUT2D eigenvalue weighted by Crippen LogP contribution is -2.33. The molecule has 0 fully saturated rings. The van der Waals surface area contributed by atoms with E-state index >= 15 is 0 Å². The highest BCUT2D eigenvalue weighted by atomic mass is 79.9. The number of hydrogen-bond donors (Lipinski definition) is 0. The first kappa shape index (κ1) is 22.4. The summed E-state index contributed by atoms with van der Waals surface area (Å²) < 4.78 is 7.58. The van der Waals surface area contributed by atoms with E-state index in [9.17, 15) is 14.4 Å². The molecule has 0 saturated carbocycles. The Morgan fingerprint density at radius 1 is 1.15 bits per heavy atom. The summed E-state index contributed by atoms with van der Waals surface area (Å²) in [5, 5.41) is 4.37. The summed E-state index contributed by atoms with van der Waals surface area (Å²) in [4.78, 5) is 44.8. The number of ether oxygens (including phenoxy) is 1. The number of amides is 1. The first-order valence-electron chi connectivity index (χ1n) is 10.7. The van der Waals surface area contributed by atoms with E-state index < -0.39 is 11.5 Å². The third-order valence-electron chi connectivity index (χ3n) is 5.48. The number of carbonyl (C=O) groups excluding carboxylic acids is 2. The van der Waals surface area contributed by atoms with E-state index in [2.05, 4.69) is 32.9 Å². The number of carbonyl (C=O) groups is 2. The minimum atomic E-state index is -0.464. The Hall–Kier alpha value is -3.37. The molecule has 1 aliphatic rings. The number of hydrogen-bond acceptors (Lipinski definition) is 7. The highest BCUT2D eigenvalue weighted by Gasteiger charge is 2.34. The van der Waals surface area contributed by atoms with Crippen LogP contribution < -0.4 is 19.7 Å². The van der Waals surface area contributed by atoms with Crippen LogP contribution in [0.1, 0.15) is 32.3 Å². The fourth-order valence-corrected chi connectivity index (χ4v) is 5.31. The van der Waals surface area contributed by atoms with E-state index in [-0.39, 0.29) is 11.7 Å². The second-order valence-corrected chi connectivity index (χ2v) is 9.70. The summed E-state index contributed by atoms with van der Waals surface area (Å²) in [6, 6.07) is 12.5. The molecule has 2 aromatic carbocycles. The van der Waals surface area contributed by atoms with Gasteiger partial charge in [-0.15, -0.1) is 5.10 Å². The van der Waals surface area contributed by atoms with Gasteiger partial charge in [-0.25, -0.2) is 0 Å². The summed E-state index contributed by atoms with van der Waals surface area (Å²) in [5.74, 6) is -0.0775. The monoisotopic (exact) mass is 538 g/mol. The van der Waals surface area contributed by atoms with Crippen LogP contribution in [0.5, 0.6) is 5.75 Å². The van der Waals surface area contributed by atoms with Crippen molar-refractivity contribution in [2.45, 2.75) is 26.7 Å². The lowest BCUT2D eigenvalue weighted by Gasteiger charge is -2.16. The smallest absolute Gasteiger partial charge is 0.308 e. The van der Waals surface area contributed by atoms with Gasteiger partial charge in [0, 0.05) is 23.5 Å². The van der Waals surface area contributed by atoms with Crippen molar-refractivity contribution in [3.8, 4) is 17.1 Å². The Morgan fingerprint density at radius 3 is 2.68 bits per heavy atom. The number of halogens is 1. The zero-order chi connectivity index (χ0) is 24.0. The van der Waals surface area contributed by atoms with Gasteiger partial charge >= 0.3 is 5.97 Å². The van der Waals surface area contributed by atoms with E-state index in [0.717, 1.165) is 39.9 Å². The Labute approximate surface area is 206 Å². The molecule has 1 amide bonds. The molecule has 4 aromatic rings.